The molecular weight excluding hydrogens is 200 g/mol. The topological polar surface area (TPSA) is 42.7 Å². The van der Waals surface area contributed by atoms with Gasteiger partial charge in [-0.1, -0.05) is 6.07 Å². The molecule has 4 heteroatoms. The van der Waals surface area contributed by atoms with Gasteiger partial charge in [-0.05, 0) is 24.6 Å². The van der Waals surface area contributed by atoms with Gasteiger partial charge in [0.05, 0.1) is 6.54 Å². The van der Waals surface area contributed by atoms with Crippen molar-refractivity contribution >= 4 is 0 Å². The molecule has 2 rings (SSSR count). The van der Waals surface area contributed by atoms with Gasteiger partial charge >= 0.3 is 0 Å². The maximum Gasteiger partial charge on any atom is 0.0534 e. The molecule has 2 aromatic heterocycles. The van der Waals surface area contributed by atoms with Crippen molar-refractivity contribution in [3.63, 3.8) is 0 Å². The van der Waals surface area contributed by atoms with Crippen LogP contribution in [0.4, 0.5) is 0 Å². The van der Waals surface area contributed by atoms with Gasteiger partial charge in [-0.25, -0.2) is 0 Å². The molecule has 1 atom stereocenters. The first-order valence-electron chi connectivity index (χ1n) is 5.47. The van der Waals surface area contributed by atoms with Gasteiger partial charge in [0.25, 0.3) is 0 Å². The molecule has 0 fully saturated rings. The third-order valence-corrected chi connectivity index (χ3v) is 2.54. The summed E-state index contributed by atoms with van der Waals surface area (Å²) < 4.78 is 1.92. The van der Waals surface area contributed by atoms with Crippen LogP contribution in [-0.4, -0.2) is 21.3 Å². The van der Waals surface area contributed by atoms with Gasteiger partial charge in [0.2, 0.25) is 0 Å². The van der Waals surface area contributed by atoms with Crippen LogP contribution in [0.3, 0.4) is 0 Å². The summed E-state index contributed by atoms with van der Waals surface area (Å²) in [6.45, 7) is 3.93. The molecule has 0 saturated carbocycles. The Hall–Kier alpha value is -1.68. The molecule has 2 aromatic rings. The van der Waals surface area contributed by atoms with Crippen LogP contribution in [0.25, 0.3) is 0 Å². The highest BCUT2D eigenvalue weighted by Gasteiger charge is 2.03. The fourth-order valence-corrected chi connectivity index (χ4v) is 1.58. The van der Waals surface area contributed by atoms with Crippen LogP contribution in [0.15, 0.2) is 43.0 Å². The van der Waals surface area contributed by atoms with Crippen LogP contribution in [0.1, 0.15) is 18.5 Å². The number of hydrogen-bond donors (Lipinski definition) is 1. The number of nitrogens with one attached hydrogen (secondary N) is 1. The lowest BCUT2D eigenvalue weighted by atomic mass is 10.1. The maximum absolute atomic E-state index is 4.15. The third kappa shape index (κ3) is 2.90. The van der Waals surface area contributed by atoms with Crippen LogP contribution in [0.5, 0.6) is 0 Å². The average Bonchev–Trinajstić information content (AvgIpc) is 2.83. The van der Waals surface area contributed by atoms with Crippen LogP contribution in [0, 0.1) is 0 Å². The summed E-state index contributed by atoms with van der Waals surface area (Å²) in [5.74, 6) is 0. The number of pyridine rings is 1. The largest absolute Gasteiger partial charge is 0.308 e. The third-order valence-electron chi connectivity index (χ3n) is 2.54. The van der Waals surface area contributed by atoms with E-state index in [-0.39, 0.29) is 0 Å². The monoisotopic (exact) mass is 216 g/mol. The summed E-state index contributed by atoms with van der Waals surface area (Å²) in [4.78, 5) is 4.11. The van der Waals surface area contributed by atoms with Crippen molar-refractivity contribution in [2.24, 2.45) is 0 Å². The highest BCUT2D eigenvalue weighted by Crippen LogP contribution is 2.08. The van der Waals surface area contributed by atoms with Crippen molar-refractivity contribution in [2.75, 3.05) is 6.54 Å². The Morgan fingerprint density at radius 3 is 3.00 bits per heavy atom. The second kappa shape index (κ2) is 5.42. The zero-order valence-corrected chi connectivity index (χ0v) is 9.37. The summed E-state index contributed by atoms with van der Waals surface area (Å²) in [6.07, 6.45) is 7.45. The molecule has 0 radical (unpaired) electrons. The van der Waals surface area contributed by atoms with E-state index in [4.69, 9.17) is 0 Å². The Morgan fingerprint density at radius 2 is 2.31 bits per heavy atom. The Morgan fingerprint density at radius 1 is 1.38 bits per heavy atom. The van der Waals surface area contributed by atoms with Crippen molar-refractivity contribution in [1.82, 2.24) is 20.1 Å². The lowest BCUT2D eigenvalue weighted by Gasteiger charge is -2.13. The minimum Gasteiger partial charge on any atom is -0.308 e. The second-order valence-electron chi connectivity index (χ2n) is 3.73. The van der Waals surface area contributed by atoms with E-state index in [2.05, 4.69) is 28.4 Å². The van der Waals surface area contributed by atoms with Crippen molar-refractivity contribution in [3.8, 4) is 0 Å². The van der Waals surface area contributed by atoms with Crippen LogP contribution in [0.2, 0.25) is 0 Å². The van der Waals surface area contributed by atoms with Gasteiger partial charge in [-0.2, -0.15) is 5.10 Å². The average molecular weight is 216 g/mol. The molecule has 0 aliphatic carbocycles. The summed E-state index contributed by atoms with van der Waals surface area (Å²) in [7, 11) is 0. The normalized spacial score (nSPS) is 12.6. The molecule has 0 amide bonds. The van der Waals surface area contributed by atoms with E-state index in [0.29, 0.717) is 6.04 Å². The molecule has 0 aliphatic rings. The second-order valence-corrected chi connectivity index (χ2v) is 3.73. The van der Waals surface area contributed by atoms with E-state index in [1.54, 1.807) is 12.4 Å². The highest BCUT2D eigenvalue weighted by atomic mass is 15.3. The maximum atomic E-state index is 4.15. The van der Waals surface area contributed by atoms with Crippen molar-refractivity contribution in [1.29, 1.82) is 0 Å². The molecule has 0 spiro atoms. The Labute approximate surface area is 95.3 Å². The van der Waals surface area contributed by atoms with Crippen molar-refractivity contribution in [3.05, 3.63) is 48.5 Å². The zero-order valence-electron chi connectivity index (χ0n) is 9.37. The molecule has 0 aliphatic heterocycles. The van der Waals surface area contributed by atoms with E-state index < -0.39 is 0 Å². The molecule has 1 N–H and O–H groups in total. The fraction of sp³-hybridized carbons (Fsp3) is 0.333. The first-order valence-corrected chi connectivity index (χ1v) is 5.47. The molecule has 0 unspecified atom stereocenters. The molecule has 0 aromatic carbocycles. The first-order chi connectivity index (χ1) is 7.86. The van der Waals surface area contributed by atoms with Crippen LogP contribution in [-0.2, 0) is 6.54 Å². The predicted octanol–water partition coefficient (Wildman–Crippen LogP) is 1.63. The minimum absolute atomic E-state index is 0.323. The standard InChI is InChI=1S/C12H16N4/c1-11(12-4-2-5-13-10-12)14-7-9-16-8-3-6-15-16/h2-6,8,10-11,14H,7,9H2,1H3/t11-/m0/s1. The molecule has 16 heavy (non-hydrogen) atoms. The number of aromatic nitrogens is 3. The summed E-state index contributed by atoms with van der Waals surface area (Å²) in [5, 5.41) is 7.59. The molecule has 84 valence electrons. The van der Waals surface area contributed by atoms with Gasteiger partial charge in [0.1, 0.15) is 0 Å². The fourth-order valence-electron chi connectivity index (χ4n) is 1.58. The van der Waals surface area contributed by atoms with E-state index in [1.165, 1.54) is 5.56 Å². The lowest BCUT2D eigenvalue weighted by molar-refractivity contribution is 0.507. The van der Waals surface area contributed by atoms with E-state index in [1.807, 2.05) is 29.2 Å². The Balaban J connectivity index is 1.78. The van der Waals surface area contributed by atoms with Crippen molar-refractivity contribution in [2.45, 2.75) is 19.5 Å². The Bertz CT molecular complexity index is 396. The minimum atomic E-state index is 0.323. The van der Waals surface area contributed by atoms with E-state index in [0.717, 1.165) is 13.1 Å². The number of rotatable bonds is 5. The molecule has 0 saturated heterocycles. The van der Waals surface area contributed by atoms with Gasteiger partial charge in [0, 0.05) is 37.4 Å². The van der Waals surface area contributed by atoms with Gasteiger partial charge in [-0.3, -0.25) is 9.67 Å². The van der Waals surface area contributed by atoms with Gasteiger partial charge < -0.3 is 5.32 Å². The van der Waals surface area contributed by atoms with Crippen LogP contribution >= 0.6 is 0 Å². The molecular formula is C12H16N4. The van der Waals surface area contributed by atoms with Crippen molar-refractivity contribution < 1.29 is 0 Å². The molecule has 2 heterocycles. The van der Waals surface area contributed by atoms with Gasteiger partial charge in [0.15, 0.2) is 0 Å². The van der Waals surface area contributed by atoms with E-state index in [9.17, 15) is 0 Å². The van der Waals surface area contributed by atoms with Crippen LogP contribution < -0.4 is 5.32 Å². The number of hydrogen-bond acceptors (Lipinski definition) is 3. The summed E-state index contributed by atoms with van der Waals surface area (Å²) >= 11 is 0. The quantitative estimate of drug-likeness (QED) is 0.826. The lowest BCUT2D eigenvalue weighted by Crippen LogP contribution is -2.23. The van der Waals surface area contributed by atoms with E-state index >= 15 is 0 Å². The summed E-state index contributed by atoms with van der Waals surface area (Å²) in [5.41, 5.74) is 1.21. The predicted molar refractivity (Wildman–Crippen MR) is 62.9 cm³/mol. The molecule has 4 nitrogen and oxygen atoms in total. The SMILES string of the molecule is C[C@H](NCCn1cccn1)c1cccnc1. The summed E-state index contributed by atoms with van der Waals surface area (Å²) in [6, 6.07) is 6.30. The van der Waals surface area contributed by atoms with Gasteiger partial charge in [-0.15, -0.1) is 0 Å². The zero-order chi connectivity index (χ0) is 11.2. The first kappa shape index (κ1) is 10.8. The highest BCUT2D eigenvalue weighted by molar-refractivity contribution is 5.12. The number of nitrogens with zero attached hydrogens (tertiary/aromatic N) is 3. The Kier molecular flexibility index (Phi) is 3.66. The molecule has 0 bridgehead atoms. The smallest absolute Gasteiger partial charge is 0.0534 e.